The summed E-state index contributed by atoms with van der Waals surface area (Å²) >= 11 is 0. The van der Waals surface area contributed by atoms with Gasteiger partial charge in [0.05, 0.1) is 25.8 Å². The topological polar surface area (TPSA) is 53.6 Å². The van der Waals surface area contributed by atoms with Gasteiger partial charge in [0.25, 0.3) is 0 Å². The third-order valence-corrected chi connectivity index (χ3v) is 4.54. The minimum atomic E-state index is 0.0819. The van der Waals surface area contributed by atoms with Crippen molar-refractivity contribution in [3.8, 4) is 0 Å². The van der Waals surface area contributed by atoms with Crippen LogP contribution in [0.4, 0.5) is 5.69 Å². The van der Waals surface area contributed by atoms with Crippen LogP contribution in [0.1, 0.15) is 18.0 Å². The molecule has 1 heterocycles. The summed E-state index contributed by atoms with van der Waals surface area (Å²) in [6, 6.07) is 20.7. The van der Waals surface area contributed by atoms with Crippen molar-refractivity contribution in [3.05, 3.63) is 66.2 Å². The normalized spacial score (nSPS) is 16.0. The van der Waals surface area contributed by atoms with E-state index >= 15 is 0 Å². The maximum absolute atomic E-state index is 12.2. The average molecular weight is 353 g/mol. The second kappa shape index (κ2) is 9.94. The largest absolute Gasteiger partial charge is 0.379 e. The highest BCUT2D eigenvalue weighted by Gasteiger charge is 2.15. The van der Waals surface area contributed by atoms with Crippen LogP contribution < -0.4 is 10.6 Å². The van der Waals surface area contributed by atoms with Crippen LogP contribution in [0.5, 0.6) is 0 Å². The lowest BCUT2D eigenvalue weighted by Crippen LogP contribution is -2.43. The molecule has 2 aromatic rings. The number of anilines is 1. The van der Waals surface area contributed by atoms with Gasteiger partial charge in [0.15, 0.2) is 0 Å². The van der Waals surface area contributed by atoms with Crippen molar-refractivity contribution in [1.82, 2.24) is 10.2 Å². The van der Waals surface area contributed by atoms with E-state index in [1.165, 1.54) is 5.56 Å². The predicted molar refractivity (Wildman–Crippen MR) is 104 cm³/mol. The minimum Gasteiger partial charge on any atom is -0.379 e. The zero-order valence-corrected chi connectivity index (χ0v) is 15.1. The van der Waals surface area contributed by atoms with E-state index < -0.39 is 0 Å². The molecule has 0 aromatic heterocycles. The van der Waals surface area contributed by atoms with Crippen molar-refractivity contribution in [2.45, 2.75) is 12.5 Å². The first kappa shape index (κ1) is 18.4. The van der Waals surface area contributed by atoms with Crippen LogP contribution in [0.2, 0.25) is 0 Å². The predicted octanol–water partition coefficient (Wildman–Crippen LogP) is 2.68. The number of nitrogens with zero attached hydrogens (tertiary/aromatic N) is 1. The van der Waals surface area contributed by atoms with Gasteiger partial charge >= 0.3 is 0 Å². The van der Waals surface area contributed by atoms with Crippen LogP contribution in [-0.2, 0) is 9.53 Å². The number of benzene rings is 2. The molecule has 2 aromatic carbocycles. The van der Waals surface area contributed by atoms with Crippen molar-refractivity contribution >= 4 is 11.6 Å². The summed E-state index contributed by atoms with van der Waals surface area (Å²) in [6.07, 6.45) is 0.827. The Morgan fingerprint density at radius 1 is 1.00 bits per heavy atom. The van der Waals surface area contributed by atoms with Crippen LogP contribution in [0.3, 0.4) is 0 Å². The van der Waals surface area contributed by atoms with Crippen LogP contribution in [0.15, 0.2) is 60.7 Å². The summed E-state index contributed by atoms with van der Waals surface area (Å²) in [5.74, 6) is 0.0819. The van der Waals surface area contributed by atoms with E-state index in [4.69, 9.17) is 4.74 Å². The Morgan fingerprint density at radius 3 is 2.35 bits per heavy atom. The fourth-order valence-corrected chi connectivity index (χ4v) is 3.12. The van der Waals surface area contributed by atoms with Gasteiger partial charge in [-0.05, 0) is 24.1 Å². The molecule has 2 N–H and O–H groups in total. The molecular weight excluding hydrogens is 326 g/mol. The molecule has 0 radical (unpaired) electrons. The molecule has 1 aliphatic rings. The van der Waals surface area contributed by atoms with Crippen LogP contribution >= 0.6 is 0 Å². The molecule has 0 spiro atoms. The van der Waals surface area contributed by atoms with Gasteiger partial charge in [0.1, 0.15) is 0 Å². The zero-order valence-electron chi connectivity index (χ0n) is 15.1. The summed E-state index contributed by atoms with van der Waals surface area (Å²) in [4.78, 5) is 14.3. The number of hydrogen-bond acceptors (Lipinski definition) is 4. The Hall–Kier alpha value is -2.37. The third-order valence-electron chi connectivity index (χ3n) is 4.54. The summed E-state index contributed by atoms with van der Waals surface area (Å²) in [7, 11) is 0. The van der Waals surface area contributed by atoms with E-state index in [-0.39, 0.29) is 11.9 Å². The summed E-state index contributed by atoms with van der Waals surface area (Å²) in [5.41, 5.74) is 2.31. The highest BCUT2D eigenvalue weighted by molar-refractivity contribution is 5.78. The second-order valence-corrected chi connectivity index (χ2v) is 6.50. The molecule has 1 atom stereocenters. The molecule has 1 aliphatic heterocycles. The number of rotatable bonds is 8. The molecule has 0 bridgehead atoms. The molecule has 1 saturated heterocycles. The van der Waals surface area contributed by atoms with Gasteiger partial charge in [-0.2, -0.15) is 0 Å². The standard InChI is InChI=1S/C21H27N3O2/c25-21(17-24-13-15-26-16-14-24)22-12-11-20(18-7-3-1-4-8-18)23-19-9-5-2-6-10-19/h1-10,20,23H,11-17H2,(H,22,25). The zero-order chi connectivity index (χ0) is 18.0. The molecule has 3 rings (SSSR count). The lowest BCUT2D eigenvalue weighted by molar-refractivity contribution is -0.123. The maximum atomic E-state index is 12.2. The van der Waals surface area contributed by atoms with Crippen molar-refractivity contribution in [2.75, 3.05) is 44.7 Å². The summed E-state index contributed by atoms with van der Waals surface area (Å²) in [5, 5.41) is 6.63. The van der Waals surface area contributed by atoms with E-state index in [1.807, 2.05) is 36.4 Å². The lowest BCUT2D eigenvalue weighted by Gasteiger charge is -2.26. The van der Waals surface area contributed by atoms with Gasteiger partial charge in [-0.25, -0.2) is 0 Å². The number of para-hydroxylation sites is 1. The van der Waals surface area contributed by atoms with Crippen molar-refractivity contribution in [1.29, 1.82) is 0 Å². The molecule has 5 nitrogen and oxygen atoms in total. The van der Waals surface area contributed by atoms with Gasteiger partial charge < -0.3 is 15.4 Å². The molecule has 5 heteroatoms. The van der Waals surface area contributed by atoms with E-state index in [9.17, 15) is 4.79 Å². The Morgan fingerprint density at radius 2 is 1.65 bits per heavy atom. The van der Waals surface area contributed by atoms with Crippen LogP contribution in [0, 0.1) is 0 Å². The number of carbonyl (C=O) groups excluding carboxylic acids is 1. The van der Waals surface area contributed by atoms with Crippen molar-refractivity contribution < 1.29 is 9.53 Å². The van der Waals surface area contributed by atoms with E-state index in [1.54, 1.807) is 0 Å². The third kappa shape index (κ3) is 5.86. The Kier molecular flexibility index (Phi) is 7.05. The molecule has 0 aliphatic carbocycles. The quantitative estimate of drug-likeness (QED) is 0.766. The highest BCUT2D eigenvalue weighted by atomic mass is 16.5. The summed E-state index contributed by atoms with van der Waals surface area (Å²) in [6.45, 7) is 4.17. The van der Waals surface area contributed by atoms with Crippen molar-refractivity contribution in [3.63, 3.8) is 0 Å². The number of amides is 1. The Bertz CT molecular complexity index is 657. The number of nitrogens with one attached hydrogen (secondary N) is 2. The van der Waals surface area contributed by atoms with E-state index in [0.29, 0.717) is 26.3 Å². The van der Waals surface area contributed by atoms with Crippen molar-refractivity contribution in [2.24, 2.45) is 0 Å². The minimum absolute atomic E-state index is 0.0819. The maximum Gasteiger partial charge on any atom is 0.234 e. The molecule has 1 unspecified atom stereocenters. The number of hydrogen-bond donors (Lipinski definition) is 2. The smallest absolute Gasteiger partial charge is 0.234 e. The molecular formula is C21H27N3O2. The second-order valence-electron chi connectivity index (χ2n) is 6.50. The number of morpholine rings is 1. The van der Waals surface area contributed by atoms with E-state index in [2.05, 4.69) is 39.8 Å². The van der Waals surface area contributed by atoms with Gasteiger partial charge in [-0.15, -0.1) is 0 Å². The first-order valence-corrected chi connectivity index (χ1v) is 9.24. The lowest BCUT2D eigenvalue weighted by atomic mass is 10.0. The average Bonchev–Trinajstić information content (AvgIpc) is 2.69. The van der Waals surface area contributed by atoms with Crippen LogP contribution in [-0.4, -0.2) is 50.2 Å². The molecule has 1 fully saturated rings. The molecule has 26 heavy (non-hydrogen) atoms. The molecule has 138 valence electrons. The highest BCUT2D eigenvalue weighted by Crippen LogP contribution is 2.22. The molecule has 0 saturated carbocycles. The van der Waals surface area contributed by atoms with E-state index in [0.717, 1.165) is 25.2 Å². The fraction of sp³-hybridized carbons (Fsp3) is 0.381. The monoisotopic (exact) mass is 353 g/mol. The first-order chi connectivity index (χ1) is 12.8. The van der Waals surface area contributed by atoms with Crippen LogP contribution in [0.25, 0.3) is 0 Å². The number of ether oxygens (including phenoxy) is 1. The molecule has 1 amide bonds. The van der Waals surface area contributed by atoms with Gasteiger partial charge in [-0.1, -0.05) is 48.5 Å². The fourth-order valence-electron chi connectivity index (χ4n) is 3.12. The SMILES string of the molecule is O=C(CN1CCOCC1)NCCC(Nc1ccccc1)c1ccccc1. The van der Waals surface area contributed by atoms with Gasteiger partial charge in [0.2, 0.25) is 5.91 Å². The van der Waals surface area contributed by atoms with Gasteiger partial charge in [0, 0.05) is 25.3 Å². The Balaban J connectivity index is 1.51. The van der Waals surface area contributed by atoms with Gasteiger partial charge in [-0.3, -0.25) is 9.69 Å². The summed E-state index contributed by atoms with van der Waals surface area (Å²) < 4.78 is 5.32. The first-order valence-electron chi connectivity index (χ1n) is 9.24. The number of carbonyl (C=O) groups is 1. The Labute approximate surface area is 155 Å².